The molecule has 1 aromatic carbocycles. The number of likely N-dealkylation sites (tertiary alicyclic amines) is 1. The predicted molar refractivity (Wildman–Crippen MR) is 123 cm³/mol. The number of nitrogens with zero attached hydrogens (tertiary/aromatic N) is 4. The van der Waals surface area contributed by atoms with E-state index in [1.807, 2.05) is 16.2 Å². The maximum atomic E-state index is 13.2. The highest BCUT2D eigenvalue weighted by atomic mass is 16.5. The van der Waals surface area contributed by atoms with Gasteiger partial charge < -0.3 is 29.6 Å². The van der Waals surface area contributed by atoms with Crippen molar-refractivity contribution in [2.75, 3.05) is 20.2 Å². The second-order valence-corrected chi connectivity index (χ2v) is 9.16. The van der Waals surface area contributed by atoms with Gasteiger partial charge in [0.15, 0.2) is 5.82 Å². The zero-order chi connectivity index (χ0) is 23.3. The number of piperidine rings is 1. The zero-order valence-electron chi connectivity index (χ0n) is 19.0. The van der Waals surface area contributed by atoms with Crippen LogP contribution in [0, 0.1) is 5.92 Å². The van der Waals surface area contributed by atoms with E-state index in [9.17, 15) is 14.7 Å². The number of carbonyl (C=O) groups is 2. The summed E-state index contributed by atoms with van der Waals surface area (Å²) in [5.41, 5.74) is 8.98. The minimum absolute atomic E-state index is 0.00235. The lowest BCUT2D eigenvalue weighted by atomic mass is 10.0. The average molecular weight is 452 g/mol. The highest BCUT2D eigenvalue weighted by Gasteiger charge is 2.28. The molecule has 1 aliphatic heterocycles. The SMILES string of the molecule is COc1cc(C(=O)N2CCCC(N)C2)cc2nc(-c3ccc(C(=O)O)n3CC3CC3)n(C)c12. The molecule has 33 heavy (non-hydrogen) atoms. The topological polar surface area (TPSA) is 116 Å². The highest BCUT2D eigenvalue weighted by molar-refractivity contribution is 6.00. The van der Waals surface area contributed by atoms with Crippen LogP contribution < -0.4 is 10.5 Å². The van der Waals surface area contributed by atoms with E-state index in [1.165, 1.54) is 0 Å². The van der Waals surface area contributed by atoms with E-state index in [1.54, 1.807) is 36.3 Å². The molecular weight excluding hydrogens is 422 g/mol. The van der Waals surface area contributed by atoms with Crippen molar-refractivity contribution in [2.24, 2.45) is 18.7 Å². The molecule has 1 unspecified atom stereocenters. The molecule has 0 spiro atoms. The van der Waals surface area contributed by atoms with Crippen molar-refractivity contribution < 1.29 is 19.4 Å². The van der Waals surface area contributed by atoms with Crippen LogP contribution in [0.1, 0.15) is 46.5 Å². The number of carboxylic acids is 1. The lowest BCUT2D eigenvalue weighted by molar-refractivity contribution is 0.0682. The van der Waals surface area contributed by atoms with Crippen molar-refractivity contribution >= 4 is 22.9 Å². The van der Waals surface area contributed by atoms with E-state index >= 15 is 0 Å². The number of aromatic nitrogens is 3. The molecule has 9 heteroatoms. The number of methoxy groups -OCH3 is 1. The van der Waals surface area contributed by atoms with Crippen LogP contribution in [-0.2, 0) is 13.6 Å². The molecule has 2 aromatic heterocycles. The van der Waals surface area contributed by atoms with Crippen LogP contribution in [0.2, 0.25) is 0 Å². The van der Waals surface area contributed by atoms with Gasteiger partial charge in [-0.3, -0.25) is 4.79 Å². The number of aromatic carboxylic acids is 1. The van der Waals surface area contributed by atoms with Crippen LogP contribution in [0.5, 0.6) is 5.75 Å². The van der Waals surface area contributed by atoms with Crippen LogP contribution in [0.25, 0.3) is 22.6 Å². The Labute approximate surface area is 191 Å². The van der Waals surface area contributed by atoms with E-state index in [2.05, 4.69) is 0 Å². The number of aryl methyl sites for hydroxylation is 1. The molecule has 1 amide bonds. The van der Waals surface area contributed by atoms with Gasteiger partial charge in [-0.1, -0.05) is 0 Å². The number of carbonyl (C=O) groups excluding carboxylic acids is 1. The van der Waals surface area contributed by atoms with E-state index in [4.69, 9.17) is 15.5 Å². The fourth-order valence-corrected chi connectivity index (χ4v) is 4.80. The predicted octanol–water partition coefficient (Wildman–Crippen LogP) is 2.72. The van der Waals surface area contributed by atoms with Gasteiger partial charge >= 0.3 is 5.97 Å². The third kappa shape index (κ3) is 3.86. The van der Waals surface area contributed by atoms with Gasteiger partial charge in [0.25, 0.3) is 5.91 Å². The molecule has 3 aromatic rings. The summed E-state index contributed by atoms with van der Waals surface area (Å²) < 4.78 is 9.40. The fourth-order valence-electron chi connectivity index (χ4n) is 4.80. The molecule has 5 rings (SSSR count). The first-order valence-electron chi connectivity index (χ1n) is 11.4. The van der Waals surface area contributed by atoms with Crippen molar-refractivity contribution in [1.82, 2.24) is 19.0 Å². The Balaban J connectivity index is 1.59. The van der Waals surface area contributed by atoms with Crippen LogP contribution in [0.4, 0.5) is 0 Å². The number of hydrogen-bond acceptors (Lipinski definition) is 5. The van der Waals surface area contributed by atoms with Crippen LogP contribution >= 0.6 is 0 Å². The number of amides is 1. The number of hydrogen-bond donors (Lipinski definition) is 2. The largest absolute Gasteiger partial charge is 0.494 e. The van der Waals surface area contributed by atoms with Crippen LogP contribution in [-0.4, -0.2) is 62.2 Å². The number of imidazole rings is 1. The molecule has 1 atom stereocenters. The average Bonchev–Trinajstić information content (AvgIpc) is 3.43. The Morgan fingerprint density at radius 2 is 2.03 bits per heavy atom. The van der Waals surface area contributed by atoms with Gasteiger partial charge in [-0.05, 0) is 55.9 Å². The van der Waals surface area contributed by atoms with Gasteiger partial charge in [-0.15, -0.1) is 0 Å². The first kappa shape index (κ1) is 21.5. The maximum Gasteiger partial charge on any atom is 0.352 e. The summed E-state index contributed by atoms with van der Waals surface area (Å²) in [7, 11) is 3.46. The second-order valence-electron chi connectivity index (χ2n) is 9.16. The van der Waals surface area contributed by atoms with Crippen molar-refractivity contribution in [3.63, 3.8) is 0 Å². The summed E-state index contributed by atoms with van der Waals surface area (Å²) in [5, 5.41) is 9.67. The molecule has 1 aliphatic carbocycles. The third-order valence-electron chi connectivity index (χ3n) is 6.71. The standard InChI is InChI=1S/C24H29N5O4/c1-27-21-17(10-15(11-20(21)33-2)23(30)28-9-3-4-16(25)13-28)26-22(27)18-7-8-19(24(31)32)29(18)12-14-5-6-14/h7-8,10-11,14,16H,3-6,9,12-13,25H2,1-2H3,(H,31,32). The lowest BCUT2D eigenvalue weighted by Gasteiger charge is -2.30. The molecule has 3 N–H and O–H groups in total. The normalized spacial score (nSPS) is 18.6. The molecule has 1 saturated heterocycles. The molecular formula is C24H29N5O4. The quantitative estimate of drug-likeness (QED) is 0.595. The molecule has 174 valence electrons. The Hall–Kier alpha value is -3.33. The minimum Gasteiger partial charge on any atom is -0.494 e. The number of carboxylic acid groups (broad SMARTS) is 1. The fraction of sp³-hybridized carbons (Fsp3) is 0.458. The first-order valence-corrected chi connectivity index (χ1v) is 11.4. The number of rotatable bonds is 6. The number of fused-ring (bicyclic) bond motifs is 1. The first-order chi connectivity index (χ1) is 15.9. The highest BCUT2D eigenvalue weighted by Crippen LogP contribution is 2.36. The van der Waals surface area contributed by atoms with Gasteiger partial charge in [-0.25, -0.2) is 9.78 Å². The number of ether oxygens (including phenoxy) is 1. The molecule has 1 saturated carbocycles. The van der Waals surface area contributed by atoms with Crippen molar-refractivity contribution in [3.05, 3.63) is 35.5 Å². The van der Waals surface area contributed by atoms with Gasteiger partial charge in [0.05, 0.1) is 18.3 Å². The molecule has 0 radical (unpaired) electrons. The van der Waals surface area contributed by atoms with Gasteiger partial charge in [-0.2, -0.15) is 0 Å². The van der Waals surface area contributed by atoms with Crippen molar-refractivity contribution in [3.8, 4) is 17.3 Å². The Morgan fingerprint density at radius 3 is 2.70 bits per heavy atom. The smallest absolute Gasteiger partial charge is 0.352 e. The summed E-state index contributed by atoms with van der Waals surface area (Å²) in [6.45, 7) is 1.88. The van der Waals surface area contributed by atoms with Crippen LogP contribution in [0.15, 0.2) is 24.3 Å². The summed E-state index contributed by atoms with van der Waals surface area (Å²) in [4.78, 5) is 31.6. The molecule has 2 aliphatic rings. The van der Waals surface area contributed by atoms with E-state index in [0.717, 1.165) is 36.9 Å². The van der Waals surface area contributed by atoms with Crippen molar-refractivity contribution in [2.45, 2.75) is 38.3 Å². The molecule has 9 nitrogen and oxygen atoms in total. The summed E-state index contributed by atoms with van der Waals surface area (Å²) in [6, 6.07) is 6.97. The third-order valence-corrected chi connectivity index (χ3v) is 6.71. The monoisotopic (exact) mass is 451 g/mol. The summed E-state index contributed by atoms with van der Waals surface area (Å²) >= 11 is 0. The van der Waals surface area contributed by atoms with E-state index in [0.29, 0.717) is 48.2 Å². The second kappa shape index (κ2) is 8.22. The lowest BCUT2D eigenvalue weighted by Crippen LogP contribution is -2.45. The van der Waals surface area contributed by atoms with Gasteiger partial charge in [0, 0.05) is 38.3 Å². The Bertz CT molecular complexity index is 1240. The van der Waals surface area contributed by atoms with Crippen LogP contribution in [0.3, 0.4) is 0 Å². The maximum absolute atomic E-state index is 13.2. The molecule has 2 fully saturated rings. The number of benzene rings is 1. The molecule has 0 bridgehead atoms. The van der Waals surface area contributed by atoms with E-state index < -0.39 is 5.97 Å². The van der Waals surface area contributed by atoms with Gasteiger partial charge in [0.1, 0.15) is 17.0 Å². The van der Waals surface area contributed by atoms with Gasteiger partial charge in [0.2, 0.25) is 0 Å². The Kier molecular flexibility index (Phi) is 5.36. The summed E-state index contributed by atoms with van der Waals surface area (Å²) in [5.74, 6) is 0.658. The molecule has 3 heterocycles. The van der Waals surface area contributed by atoms with Crippen molar-refractivity contribution in [1.29, 1.82) is 0 Å². The summed E-state index contributed by atoms with van der Waals surface area (Å²) in [6.07, 6.45) is 4.04. The Morgan fingerprint density at radius 1 is 1.24 bits per heavy atom. The number of nitrogens with two attached hydrogens (primary N) is 1. The zero-order valence-corrected chi connectivity index (χ0v) is 19.0. The van der Waals surface area contributed by atoms with E-state index in [-0.39, 0.29) is 17.6 Å². The minimum atomic E-state index is -0.953.